The van der Waals surface area contributed by atoms with E-state index < -0.39 is 0 Å². The number of carbonyl (C=O) groups excluding carboxylic acids is 2. The van der Waals surface area contributed by atoms with Crippen molar-refractivity contribution >= 4 is 11.8 Å². The van der Waals surface area contributed by atoms with Crippen LogP contribution in [-0.4, -0.2) is 40.7 Å². The van der Waals surface area contributed by atoms with Crippen molar-refractivity contribution in [3.05, 3.63) is 35.9 Å². The van der Waals surface area contributed by atoms with Gasteiger partial charge >= 0.3 is 0 Å². The molecule has 1 aromatic carbocycles. The summed E-state index contributed by atoms with van der Waals surface area (Å²) in [6.45, 7) is 6.07. The van der Waals surface area contributed by atoms with Gasteiger partial charge in [-0.3, -0.25) is 9.59 Å². The molecule has 126 valence electrons. The van der Waals surface area contributed by atoms with Crippen LogP contribution in [0.2, 0.25) is 0 Å². The van der Waals surface area contributed by atoms with Crippen molar-refractivity contribution in [1.82, 2.24) is 9.80 Å². The van der Waals surface area contributed by atoms with Crippen molar-refractivity contribution < 1.29 is 9.59 Å². The van der Waals surface area contributed by atoms with Crippen LogP contribution in [0.5, 0.6) is 0 Å². The average molecular weight is 316 g/mol. The second-order valence-corrected chi connectivity index (χ2v) is 6.22. The van der Waals surface area contributed by atoms with Crippen LogP contribution >= 0.6 is 0 Å². The number of amides is 2. The molecule has 23 heavy (non-hydrogen) atoms. The lowest BCUT2D eigenvalue weighted by atomic mass is 9.99. The maximum Gasteiger partial charge on any atom is 0.232 e. The van der Waals surface area contributed by atoms with Crippen LogP contribution in [0.25, 0.3) is 0 Å². The third-order valence-electron chi connectivity index (χ3n) is 4.67. The highest BCUT2D eigenvalue weighted by Crippen LogP contribution is 2.20. The van der Waals surface area contributed by atoms with E-state index in [0.29, 0.717) is 19.1 Å². The van der Waals surface area contributed by atoms with E-state index in [-0.39, 0.29) is 18.2 Å². The summed E-state index contributed by atoms with van der Waals surface area (Å²) >= 11 is 0. The summed E-state index contributed by atoms with van der Waals surface area (Å²) in [5.41, 5.74) is 1.10. The fraction of sp³-hybridized carbons (Fsp3) is 0.579. The zero-order valence-corrected chi connectivity index (χ0v) is 14.3. The maximum absolute atomic E-state index is 12.5. The number of hydrogen-bond acceptors (Lipinski definition) is 2. The first-order valence-corrected chi connectivity index (χ1v) is 8.76. The van der Waals surface area contributed by atoms with E-state index in [9.17, 15) is 9.59 Å². The number of hydrogen-bond donors (Lipinski definition) is 0. The molecular weight excluding hydrogens is 288 g/mol. The van der Waals surface area contributed by atoms with Gasteiger partial charge in [0.2, 0.25) is 11.8 Å². The third-order valence-corrected chi connectivity index (χ3v) is 4.67. The predicted molar refractivity (Wildman–Crippen MR) is 91.8 cm³/mol. The topological polar surface area (TPSA) is 40.6 Å². The van der Waals surface area contributed by atoms with Gasteiger partial charge in [-0.2, -0.15) is 0 Å². The lowest BCUT2D eigenvalue weighted by Gasteiger charge is -2.35. The zero-order valence-electron chi connectivity index (χ0n) is 14.3. The maximum atomic E-state index is 12.5. The molecule has 1 aromatic rings. The minimum atomic E-state index is -0.0678. The Labute approximate surface area is 139 Å². The molecule has 0 radical (unpaired) electrons. The van der Waals surface area contributed by atoms with Crippen molar-refractivity contribution in [2.75, 3.05) is 13.1 Å². The summed E-state index contributed by atoms with van der Waals surface area (Å²) in [5, 5.41) is 0. The molecule has 1 aliphatic rings. The second-order valence-electron chi connectivity index (χ2n) is 6.22. The summed E-state index contributed by atoms with van der Waals surface area (Å²) in [5.74, 6) is -0.0742. The molecule has 1 fully saturated rings. The average Bonchev–Trinajstić information content (AvgIpc) is 2.60. The molecule has 1 aliphatic heterocycles. The summed E-state index contributed by atoms with van der Waals surface area (Å²) in [6, 6.07) is 10.2. The van der Waals surface area contributed by atoms with Crippen LogP contribution in [0, 0.1) is 0 Å². The SMILES string of the molecule is CCC1CCCCN1C(=O)CC(=O)N(CC)Cc1ccccc1. The fourth-order valence-electron chi connectivity index (χ4n) is 3.28. The standard InChI is InChI=1S/C19H28N2O2/c1-3-17-12-8-9-13-21(17)19(23)14-18(22)20(4-2)15-16-10-6-5-7-11-16/h5-7,10-11,17H,3-4,8-9,12-15H2,1-2H3. The molecule has 1 unspecified atom stereocenters. The van der Waals surface area contributed by atoms with E-state index in [1.165, 1.54) is 6.42 Å². The number of rotatable bonds is 6. The normalized spacial score (nSPS) is 17.8. The summed E-state index contributed by atoms with van der Waals surface area (Å²) in [4.78, 5) is 28.7. The Kier molecular flexibility index (Phi) is 6.63. The third kappa shape index (κ3) is 4.81. The fourth-order valence-corrected chi connectivity index (χ4v) is 3.28. The number of piperidine rings is 1. The van der Waals surface area contributed by atoms with Crippen LogP contribution in [-0.2, 0) is 16.1 Å². The highest BCUT2D eigenvalue weighted by molar-refractivity contribution is 5.97. The lowest BCUT2D eigenvalue weighted by Crippen LogP contribution is -2.45. The van der Waals surface area contributed by atoms with Crippen LogP contribution in [0.15, 0.2) is 30.3 Å². The van der Waals surface area contributed by atoms with E-state index in [0.717, 1.165) is 31.4 Å². The van der Waals surface area contributed by atoms with Gasteiger partial charge in [-0.1, -0.05) is 37.3 Å². The molecule has 0 spiro atoms. The Hall–Kier alpha value is -1.84. The van der Waals surface area contributed by atoms with Crippen molar-refractivity contribution in [3.8, 4) is 0 Å². The molecule has 0 bridgehead atoms. The molecule has 2 rings (SSSR count). The Morgan fingerprint density at radius 3 is 2.57 bits per heavy atom. The molecule has 4 heteroatoms. The Morgan fingerprint density at radius 1 is 1.17 bits per heavy atom. The van der Waals surface area contributed by atoms with Gasteiger partial charge in [0.1, 0.15) is 6.42 Å². The van der Waals surface area contributed by atoms with Gasteiger partial charge in [-0.15, -0.1) is 0 Å². The van der Waals surface area contributed by atoms with Gasteiger partial charge in [0, 0.05) is 25.7 Å². The Balaban J connectivity index is 1.94. The molecule has 2 amide bonds. The Morgan fingerprint density at radius 2 is 1.91 bits per heavy atom. The molecule has 0 saturated carbocycles. The predicted octanol–water partition coefficient (Wildman–Crippen LogP) is 3.22. The molecule has 1 heterocycles. The van der Waals surface area contributed by atoms with Gasteiger partial charge in [0.05, 0.1) is 0 Å². The minimum absolute atomic E-state index is 0.00280. The molecule has 4 nitrogen and oxygen atoms in total. The zero-order chi connectivity index (χ0) is 16.7. The van der Waals surface area contributed by atoms with E-state index >= 15 is 0 Å². The van der Waals surface area contributed by atoms with Gasteiger partial charge in [-0.25, -0.2) is 0 Å². The molecule has 0 aliphatic carbocycles. The van der Waals surface area contributed by atoms with Crippen LogP contribution in [0.4, 0.5) is 0 Å². The van der Waals surface area contributed by atoms with Crippen LogP contribution in [0.1, 0.15) is 51.5 Å². The van der Waals surface area contributed by atoms with Crippen molar-refractivity contribution in [2.45, 2.75) is 58.5 Å². The number of benzene rings is 1. The van der Waals surface area contributed by atoms with Crippen molar-refractivity contribution in [3.63, 3.8) is 0 Å². The molecule has 1 atom stereocenters. The minimum Gasteiger partial charge on any atom is -0.339 e. The molecule has 0 N–H and O–H groups in total. The first-order valence-electron chi connectivity index (χ1n) is 8.76. The summed E-state index contributed by atoms with van der Waals surface area (Å²) < 4.78 is 0. The molecule has 0 aromatic heterocycles. The van der Waals surface area contributed by atoms with E-state index in [2.05, 4.69) is 6.92 Å². The van der Waals surface area contributed by atoms with Crippen LogP contribution < -0.4 is 0 Å². The quantitative estimate of drug-likeness (QED) is 0.756. The first kappa shape index (κ1) is 17.5. The number of nitrogens with zero attached hydrogens (tertiary/aromatic N) is 2. The van der Waals surface area contributed by atoms with Gasteiger partial charge in [-0.05, 0) is 38.2 Å². The van der Waals surface area contributed by atoms with E-state index in [1.54, 1.807) is 4.90 Å². The van der Waals surface area contributed by atoms with Crippen LogP contribution in [0.3, 0.4) is 0 Å². The lowest BCUT2D eigenvalue weighted by molar-refractivity contribution is -0.143. The monoisotopic (exact) mass is 316 g/mol. The smallest absolute Gasteiger partial charge is 0.232 e. The van der Waals surface area contributed by atoms with Gasteiger partial charge < -0.3 is 9.80 Å². The van der Waals surface area contributed by atoms with Gasteiger partial charge in [0.25, 0.3) is 0 Å². The van der Waals surface area contributed by atoms with Crippen molar-refractivity contribution in [1.29, 1.82) is 0 Å². The first-order chi connectivity index (χ1) is 11.2. The van der Waals surface area contributed by atoms with Crippen molar-refractivity contribution in [2.24, 2.45) is 0 Å². The highest BCUT2D eigenvalue weighted by Gasteiger charge is 2.27. The second kappa shape index (κ2) is 8.70. The summed E-state index contributed by atoms with van der Waals surface area (Å²) in [6.07, 6.45) is 4.28. The number of likely N-dealkylation sites (tertiary alicyclic amines) is 1. The van der Waals surface area contributed by atoms with E-state index in [4.69, 9.17) is 0 Å². The van der Waals surface area contributed by atoms with Gasteiger partial charge in [0.15, 0.2) is 0 Å². The molecule has 1 saturated heterocycles. The summed E-state index contributed by atoms with van der Waals surface area (Å²) in [7, 11) is 0. The highest BCUT2D eigenvalue weighted by atomic mass is 16.2. The van der Waals surface area contributed by atoms with E-state index in [1.807, 2.05) is 42.2 Å². The molecular formula is C19H28N2O2. The number of carbonyl (C=O) groups is 2. The Bertz CT molecular complexity index is 515. The largest absolute Gasteiger partial charge is 0.339 e.